The van der Waals surface area contributed by atoms with E-state index in [0.29, 0.717) is 17.9 Å². The van der Waals surface area contributed by atoms with E-state index >= 15 is 0 Å². The van der Waals surface area contributed by atoms with Gasteiger partial charge in [-0.15, -0.1) is 0 Å². The van der Waals surface area contributed by atoms with Gasteiger partial charge in [0.05, 0.1) is 6.54 Å². The van der Waals surface area contributed by atoms with Gasteiger partial charge in [-0.2, -0.15) is 0 Å². The first-order chi connectivity index (χ1) is 12.1. The Morgan fingerprint density at radius 1 is 1.27 bits per heavy atom. The number of nitrogens with one attached hydrogen (secondary N) is 2. The zero-order chi connectivity index (χ0) is 19.5. The zero-order valence-electron chi connectivity index (χ0n) is 17.3. The average molecular weight is 359 g/mol. The molecule has 2 atom stereocenters. The maximum absolute atomic E-state index is 12.1. The highest BCUT2D eigenvalue weighted by molar-refractivity contribution is 5.87. The third-order valence-corrected chi connectivity index (χ3v) is 4.60. The minimum Gasteiger partial charge on any atom is -0.353 e. The lowest BCUT2D eigenvalue weighted by atomic mass is 10.0. The average Bonchev–Trinajstić information content (AvgIpc) is 3.29. The number of likely N-dealkylation sites (N-methyl/N-ethyl adjacent to an activating group) is 1. The second-order valence-corrected chi connectivity index (χ2v) is 8.62. The number of nitrogens with zero attached hydrogens (tertiary/aromatic N) is 2. The fourth-order valence-corrected chi connectivity index (χ4v) is 3.11. The SMILES string of the molecule is CN=C(NC1CC1c1ccc(C(C)C)cc1)N(C)CC(=O)NC(C)(C)C. The molecule has 5 nitrogen and oxygen atoms in total. The van der Waals surface area contributed by atoms with E-state index in [4.69, 9.17) is 0 Å². The van der Waals surface area contributed by atoms with Crippen LogP contribution in [0.3, 0.4) is 0 Å². The third kappa shape index (κ3) is 5.75. The minimum atomic E-state index is -0.224. The first-order valence-electron chi connectivity index (χ1n) is 9.46. The van der Waals surface area contributed by atoms with Gasteiger partial charge in [0.1, 0.15) is 0 Å². The Kier molecular flexibility index (Phi) is 6.32. The second kappa shape index (κ2) is 8.11. The highest BCUT2D eigenvalue weighted by Gasteiger charge is 2.39. The van der Waals surface area contributed by atoms with Crippen molar-refractivity contribution in [1.82, 2.24) is 15.5 Å². The molecule has 2 N–H and O–H groups in total. The van der Waals surface area contributed by atoms with Crippen molar-refractivity contribution >= 4 is 11.9 Å². The molecule has 5 heteroatoms. The maximum atomic E-state index is 12.1. The molecule has 1 saturated carbocycles. The highest BCUT2D eigenvalue weighted by Crippen LogP contribution is 2.41. The van der Waals surface area contributed by atoms with Crippen molar-refractivity contribution in [2.75, 3.05) is 20.6 Å². The fourth-order valence-electron chi connectivity index (χ4n) is 3.11. The molecular weight excluding hydrogens is 324 g/mol. The Morgan fingerprint density at radius 2 is 1.88 bits per heavy atom. The summed E-state index contributed by atoms with van der Waals surface area (Å²) in [4.78, 5) is 18.3. The quantitative estimate of drug-likeness (QED) is 0.628. The molecule has 1 fully saturated rings. The van der Waals surface area contributed by atoms with Gasteiger partial charge in [0.2, 0.25) is 5.91 Å². The predicted octanol–water partition coefficient (Wildman–Crippen LogP) is 3.09. The molecule has 0 radical (unpaired) electrons. The number of aliphatic imine (C=N–C) groups is 1. The molecule has 26 heavy (non-hydrogen) atoms. The number of guanidine groups is 1. The van der Waals surface area contributed by atoms with Crippen molar-refractivity contribution in [2.45, 2.75) is 64.5 Å². The third-order valence-electron chi connectivity index (χ3n) is 4.60. The standard InChI is InChI=1S/C21H34N4O/c1-14(2)15-8-10-16(11-9-15)17-12-18(17)23-20(22-6)25(7)13-19(26)24-21(3,4)5/h8-11,14,17-18H,12-13H2,1-7H3,(H,22,23)(H,24,26). The minimum absolute atomic E-state index is 0.000397. The van der Waals surface area contributed by atoms with Crippen LogP contribution >= 0.6 is 0 Å². The molecule has 0 spiro atoms. The van der Waals surface area contributed by atoms with Gasteiger partial charge >= 0.3 is 0 Å². The van der Waals surface area contributed by atoms with Gasteiger partial charge in [-0.25, -0.2) is 0 Å². The topological polar surface area (TPSA) is 56.7 Å². The van der Waals surface area contributed by atoms with Crippen LogP contribution in [0.15, 0.2) is 29.3 Å². The predicted molar refractivity (Wildman–Crippen MR) is 109 cm³/mol. The Labute approximate surface area is 158 Å². The normalized spacial score (nSPS) is 20.1. The zero-order valence-corrected chi connectivity index (χ0v) is 17.3. The van der Waals surface area contributed by atoms with Crippen molar-refractivity contribution in [2.24, 2.45) is 4.99 Å². The summed E-state index contributed by atoms with van der Waals surface area (Å²) in [6.45, 7) is 10.7. The molecule has 144 valence electrons. The number of carbonyl (C=O) groups is 1. The monoisotopic (exact) mass is 358 g/mol. The van der Waals surface area contributed by atoms with Crippen LogP contribution in [0.1, 0.15) is 64.0 Å². The van der Waals surface area contributed by atoms with Crippen LogP contribution in [-0.2, 0) is 4.79 Å². The summed E-state index contributed by atoms with van der Waals surface area (Å²) in [5.41, 5.74) is 2.52. The van der Waals surface area contributed by atoms with Gasteiger partial charge in [0.25, 0.3) is 0 Å². The number of rotatable bonds is 5. The van der Waals surface area contributed by atoms with E-state index in [-0.39, 0.29) is 18.0 Å². The summed E-state index contributed by atoms with van der Waals surface area (Å²) in [7, 11) is 3.65. The summed E-state index contributed by atoms with van der Waals surface area (Å²) in [5, 5.41) is 6.47. The number of carbonyl (C=O) groups excluding carboxylic acids is 1. The summed E-state index contributed by atoms with van der Waals surface area (Å²) in [6, 6.07) is 9.32. The summed E-state index contributed by atoms with van der Waals surface area (Å²) in [5.74, 6) is 1.84. The van der Waals surface area contributed by atoms with Crippen LogP contribution in [-0.4, -0.2) is 49.0 Å². The van der Waals surface area contributed by atoms with E-state index in [1.807, 2.05) is 32.7 Å². The number of hydrogen-bond donors (Lipinski definition) is 2. The molecule has 1 aromatic carbocycles. The van der Waals surface area contributed by atoms with Crippen LogP contribution in [0.25, 0.3) is 0 Å². The van der Waals surface area contributed by atoms with Crippen molar-refractivity contribution in [3.8, 4) is 0 Å². The Bertz CT molecular complexity index is 643. The molecule has 0 saturated heterocycles. The summed E-state index contributed by atoms with van der Waals surface area (Å²) < 4.78 is 0. The second-order valence-electron chi connectivity index (χ2n) is 8.62. The van der Waals surface area contributed by atoms with Crippen molar-refractivity contribution in [3.63, 3.8) is 0 Å². The van der Waals surface area contributed by atoms with E-state index in [2.05, 4.69) is 53.7 Å². The van der Waals surface area contributed by atoms with Crippen LogP contribution in [0.4, 0.5) is 0 Å². The molecular formula is C21H34N4O. The van der Waals surface area contributed by atoms with Crippen LogP contribution in [0.5, 0.6) is 0 Å². The van der Waals surface area contributed by atoms with Gasteiger partial charge in [-0.05, 0) is 44.2 Å². The first kappa shape index (κ1) is 20.3. The van der Waals surface area contributed by atoms with Gasteiger partial charge in [-0.1, -0.05) is 38.1 Å². The lowest BCUT2D eigenvalue weighted by molar-refractivity contribution is -0.122. The van der Waals surface area contributed by atoms with Crippen LogP contribution < -0.4 is 10.6 Å². The lowest BCUT2D eigenvalue weighted by Crippen LogP contribution is -2.49. The summed E-state index contributed by atoms with van der Waals surface area (Å²) in [6.07, 6.45) is 1.10. The van der Waals surface area contributed by atoms with Gasteiger partial charge < -0.3 is 15.5 Å². The van der Waals surface area contributed by atoms with Crippen molar-refractivity contribution in [1.29, 1.82) is 0 Å². The number of amides is 1. The molecule has 0 aromatic heterocycles. The smallest absolute Gasteiger partial charge is 0.240 e. The first-order valence-corrected chi connectivity index (χ1v) is 9.46. The van der Waals surface area contributed by atoms with Gasteiger partial charge in [0.15, 0.2) is 5.96 Å². The molecule has 2 rings (SSSR count). The molecule has 1 aromatic rings. The number of benzene rings is 1. The molecule has 0 aliphatic heterocycles. The Balaban J connectivity index is 1.88. The lowest BCUT2D eigenvalue weighted by Gasteiger charge is -2.25. The maximum Gasteiger partial charge on any atom is 0.240 e. The molecule has 0 bridgehead atoms. The summed E-state index contributed by atoms with van der Waals surface area (Å²) >= 11 is 0. The van der Waals surface area contributed by atoms with E-state index in [1.54, 1.807) is 7.05 Å². The highest BCUT2D eigenvalue weighted by atomic mass is 16.2. The number of hydrogen-bond acceptors (Lipinski definition) is 2. The molecule has 2 unspecified atom stereocenters. The largest absolute Gasteiger partial charge is 0.353 e. The van der Waals surface area contributed by atoms with Crippen LogP contribution in [0.2, 0.25) is 0 Å². The molecule has 1 aliphatic carbocycles. The van der Waals surface area contributed by atoms with Crippen molar-refractivity contribution < 1.29 is 4.79 Å². The molecule has 0 heterocycles. The molecule has 1 aliphatic rings. The van der Waals surface area contributed by atoms with Crippen LogP contribution in [0, 0.1) is 0 Å². The van der Waals surface area contributed by atoms with Gasteiger partial charge in [0, 0.05) is 31.6 Å². The Hall–Kier alpha value is -2.04. The Morgan fingerprint density at radius 3 is 2.38 bits per heavy atom. The fraction of sp³-hybridized carbons (Fsp3) is 0.619. The molecule has 1 amide bonds. The van der Waals surface area contributed by atoms with Gasteiger partial charge in [-0.3, -0.25) is 9.79 Å². The van der Waals surface area contributed by atoms with E-state index in [1.165, 1.54) is 11.1 Å². The van der Waals surface area contributed by atoms with E-state index < -0.39 is 0 Å². The van der Waals surface area contributed by atoms with Crippen molar-refractivity contribution in [3.05, 3.63) is 35.4 Å². The van der Waals surface area contributed by atoms with E-state index in [0.717, 1.165) is 12.4 Å². The van der Waals surface area contributed by atoms with E-state index in [9.17, 15) is 4.79 Å².